The molecule has 0 atom stereocenters. The summed E-state index contributed by atoms with van der Waals surface area (Å²) in [6.45, 7) is 2.81. The van der Waals surface area contributed by atoms with Gasteiger partial charge in [0.25, 0.3) is 0 Å². The molecule has 0 aliphatic carbocycles. The number of benzene rings is 1. The van der Waals surface area contributed by atoms with Crippen LogP contribution in [0.5, 0.6) is 0 Å². The summed E-state index contributed by atoms with van der Waals surface area (Å²) in [5, 5.41) is 2.19. The van der Waals surface area contributed by atoms with E-state index in [0.717, 1.165) is 34.4 Å². The fraction of sp³-hybridized carbons (Fsp3) is 0.188. The molecule has 4 rings (SSSR count). The number of anilines is 1. The molecule has 1 aliphatic heterocycles. The van der Waals surface area contributed by atoms with Crippen molar-refractivity contribution in [3.05, 3.63) is 48.4 Å². The van der Waals surface area contributed by atoms with Crippen LogP contribution in [0.15, 0.2) is 47.1 Å². The van der Waals surface area contributed by atoms with E-state index in [4.69, 9.17) is 4.42 Å². The van der Waals surface area contributed by atoms with E-state index >= 15 is 0 Å². The van der Waals surface area contributed by atoms with Crippen molar-refractivity contribution in [2.75, 3.05) is 18.6 Å². The summed E-state index contributed by atoms with van der Waals surface area (Å²) in [6, 6.07) is 10.3. The predicted octanol–water partition coefficient (Wildman–Crippen LogP) is 3.47. The molecule has 100 valence electrons. The molecule has 0 spiro atoms. The molecule has 20 heavy (non-hydrogen) atoms. The molecular formula is C16H15N3O. The topological polar surface area (TPSA) is 32.5 Å². The number of hydrogen-bond acceptors (Lipinski definition) is 4. The van der Waals surface area contributed by atoms with E-state index in [2.05, 4.69) is 58.5 Å². The second-order valence-corrected chi connectivity index (χ2v) is 5.23. The zero-order valence-corrected chi connectivity index (χ0v) is 11.5. The molecule has 2 aromatic heterocycles. The fourth-order valence-electron chi connectivity index (χ4n) is 2.67. The first-order valence-corrected chi connectivity index (χ1v) is 6.66. The minimum Gasteiger partial charge on any atom is -0.435 e. The molecule has 0 bridgehead atoms. The summed E-state index contributed by atoms with van der Waals surface area (Å²) in [5.74, 6) is 0. The van der Waals surface area contributed by atoms with Gasteiger partial charge in [-0.15, -0.1) is 0 Å². The first-order chi connectivity index (χ1) is 9.72. The maximum atomic E-state index is 6.01. The summed E-state index contributed by atoms with van der Waals surface area (Å²) in [6.07, 6.45) is 4.13. The minimum absolute atomic E-state index is 0.712. The van der Waals surface area contributed by atoms with Crippen molar-refractivity contribution in [3.63, 3.8) is 0 Å². The molecule has 0 saturated heterocycles. The molecule has 1 aromatic carbocycles. The molecule has 3 aromatic rings. The van der Waals surface area contributed by atoms with Crippen molar-refractivity contribution < 1.29 is 4.42 Å². The summed E-state index contributed by atoms with van der Waals surface area (Å²) in [4.78, 5) is 8.79. The van der Waals surface area contributed by atoms with Crippen LogP contribution >= 0.6 is 0 Å². The SMILES string of the molecule is Cc1ccc2c(n1)oc1c(N3C=CN(C)C3)cccc12. The normalized spacial score (nSPS) is 14.9. The first-order valence-electron chi connectivity index (χ1n) is 6.66. The molecule has 0 fully saturated rings. The van der Waals surface area contributed by atoms with Gasteiger partial charge in [-0.05, 0) is 25.1 Å². The van der Waals surface area contributed by atoms with Crippen molar-refractivity contribution in [3.8, 4) is 0 Å². The van der Waals surface area contributed by atoms with Crippen molar-refractivity contribution in [2.24, 2.45) is 0 Å². The predicted molar refractivity (Wildman–Crippen MR) is 80.5 cm³/mol. The number of rotatable bonds is 1. The first kappa shape index (κ1) is 11.3. The van der Waals surface area contributed by atoms with Crippen LogP contribution in [-0.4, -0.2) is 23.6 Å². The molecule has 0 amide bonds. The average molecular weight is 265 g/mol. The molecule has 3 heterocycles. The Morgan fingerprint density at radius 1 is 1.10 bits per heavy atom. The van der Waals surface area contributed by atoms with Gasteiger partial charge >= 0.3 is 0 Å². The highest BCUT2D eigenvalue weighted by Crippen LogP contribution is 2.35. The zero-order chi connectivity index (χ0) is 13.7. The molecule has 4 nitrogen and oxygen atoms in total. The average Bonchev–Trinajstić information content (AvgIpc) is 3.01. The van der Waals surface area contributed by atoms with E-state index in [1.54, 1.807) is 0 Å². The van der Waals surface area contributed by atoms with Crippen LogP contribution in [0.4, 0.5) is 5.69 Å². The summed E-state index contributed by atoms with van der Waals surface area (Å²) in [5.41, 5.74) is 3.67. The van der Waals surface area contributed by atoms with Gasteiger partial charge in [-0.1, -0.05) is 12.1 Å². The molecule has 0 saturated carbocycles. The molecule has 0 N–H and O–H groups in total. The van der Waals surface area contributed by atoms with Gasteiger partial charge in [0, 0.05) is 35.9 Å². The van der Waals surface area contributed by atoms with Gasteiger partial charge in [0.2, 0.25) is 5.71 Å². The Morgan fingerprint density at radius 3 is 2.80 bits per heavy atom. The fourth-order valence-corrected chi connectivity index (χ4v) is 2.67. The van der Waals surface area contributed by atoms with E-state index in [-0.39, 0.29) is 0 Å². The minimum atomic E-state index is 0.712. The van der Waals surface area contributed by atoms with Gasteiger partial charge in [0.15, 0.2) is 5.58 Å². The van der Waals surface area contributed by atoms with Crippen molar-refractivity contribution >= 4 is 27.8 Å². The Kier molecular flexibility index (Phi) is 2.27. The van der Waals surface area contributed by atoms with Crippen LogP contribution in [0.25, 0.3) is 22.1 Å². The largest absolute Gasteiger partial charge is 0.435 e. The van der Waals surface area contributed by atoms with Crippen LogP contribution in [0.1, 0.15) is 5.69 Å². The Bertz CT molecular complexity index is 834. The van der Waals surface area contributed by atoms with Crippen molar-refractivity contribution in [1.82, 2.24) is 9.88 Å². The quantitative estimate of drug-likeness (QED) is 0.674. The van der Waals surface area contributed by atoms with Gasteiger partial charge in [-0.3, -0.25) is 0 Å². The van der Waals surface area contributed by atoms with Gasteiger partial charge in [0.05, 0.1) is 12.4 Å². The monoisotopic (exact) mass is 265 g/mol. The van der Waals surface area contributed by atoms with Gasteiger partial charge in [-0.25, -0.2) is 4.98 Å². The Morgan fingerprint density at radius 2 is 2.00 bits per heavy atom. The number of nitrogens with zero attached hydrogens (tertiary/aromatic N) is 3. The number of para-hydroxylation sites is 1. The van der Waals surface area contributed by atoms with Crippen LogP contribution in [0.2, 0.25) is 0 Å². The lowest BCUT2D eigenvalue weighted by molar-refractivity contribution is 0.495. The maximum Gasteiger partial charge on any atom is 0.227 e. The number of aryl methyl sites for hydroxylation is 1. The lowest BCUT2D eigenvalue weighted by atomic mass is 10.1. The molecule has 0 radical (unpaired) electrons. The van der Waals surface area contributed by atoms with Crippen molar-refractivity contribution in [2.45, 2.75) is 6.92 Å². The third-order valence-electron chi connectivity index (χ3n) is 3.67. The molecule has 0 unspecified atom stereocenters. The Hall–Kier alpha value is -2.49. The summed E-state index contributed by atoms with van der Waals surface area (Å²) >= 11 is 0. The van der Waals surface area contributed by atoms with Crippen LogP contribution in [0.3, 0.4) is 0 Å². The number of furan rings is 1. The van der Waals surface area contributed by atoms with Crippen molar-refractivity contribution in [1.29, 1.82) is 0 Å². The summed E-state index contributed by atoms with van der Waals surface area (Å²) < 4.78 is 6.01. The van der Waals surface area contributed by atoms with E-state index in [1.165, 1.54) is 0 Å². The number of hydrogen-bond donors (Lipinski definition) is 0. The molecular weight excluding hydrogens is 250 g/mol. The lowest BCUT2D eigenvalue weighted by Crippen LogP contribution is -2.21. The van der Waals surface area contributed by atoms with E-state index in [1.807, 2.05) is 13.0 Å². The van der Waals surface area contributed by atoms with E-state index in [0.29, 0.717) is 5.71 Å². The van der Waals surface area contributed by atoms with E-state index < -0.39 is 0 Å². The standard InChI is InChI=1S/C16H15N3O/c1-11-6-7-13-12-4-3-5-14(15(12)20-16(13)17-11)19-9-8-18(2)10-19/h3-9H,10H2,1-2H3. The number of aromatic nitrogens is 1. The van der Waals surface area contributed by atoms with Gasteiger partial charge < -0.3 is 14.2 Å². The van der Waals surface area contributed by atoms with E-state index in [9.17, 15) is 0 Å². The van der Waals surface area contributed by atoms with Crippen LogP contribution < -0.4 is 4.90 Å². The second-order valence-electron chi connectivity index (χ2n) is 5.23. The third-order valence-corrected chi connectivity index (χ3v) is 3.67. The molecule has 1 aliphatic rings. The molecule has 4 heteroatoms. The number of fused-ring (bicyclic) bond motifs is 3. The summed E-state index contributed by atoms with van der Waals surface area (Å²) in [7, 11) is 2.06. The van der Waals surface area contributed by atoms with Crippen LogP contribution in [0, 0.1) is 6.92 Å². The number of pyridine rings is 1. The third kappa shape index (κ3) is 1.58. The van der Waals surface area contributed by atoms with Crippen LogP contribution in [-0.2, 0) is 0 Å². The second kappa shape index (κ2) is 4.00. The highest BCUT2D eigenvalue weighted by Gasteiger charge is 2.17. The Balaban J connectivity index is 1.98. The highest BCUT2D eigenvalue weighted by atomic mass is 16.3. The lowest BCUT2D eigenvalue weighted by Gasteiger charge is -2.18. The maximum absolute atomic E-state index is 6.01. The Labute approximate surface area is 116 Å². The smallest absolute Gasteiger partial charge is 0.227 e. The van der Waals surface area contributed by atoms with Gasteiger partial charge in [-0.2, -0.15) is 0 Å². The highest BCUT2D eigenvalue weighted by molar-refractivity contribution is 6.08. The zero-order valence-electron chi connectivity index (χ0n) is 11.5. The van der Waals surface area contributed by atoms with Gasteiger partial charge in [0.1, 0.15) is 0 Å².